The number of amides is 1. The Balaban J connectivity index is 1.11. The van der Waals surface area contributed by atoms with E-state index in [0.29, 0.717) is 42.2 Å². The molecule has 1 saturated carbocycles. The summed E-state index contributed by atoms with van der Waals surface area (Å²) in [6.45, 7) is 3.36. The average molecular weight is 480 g/mol. The van der Waals surface area contributed by atoms with Crippen LogP contribution in [0.5, 0.6) is 11.5 Å². The van der Waals surface area contributed by atoms with Crippen molar-refractivity contribution in [2.75, 3.05) is 13.1 Å². The van der Waals surface area contributed by atoms with Crippen LogP contribution >= 0.6 is 11.6 Å². The number of nitrogens with zero attached hydrogens (tertiary/aromatic N) is 3. The number of hydrogen-bond donors (Lipinski definition) is 0. The molecule has 7 nitrogen and oxygen atoms in total. The molecule has 3 aromatic rings. The average Bonchev–Trinajstić information content (AvgIpc) is 3.54. The lowest BCUT2D eigenvalue weighted by Crippen LogP contribution is -2.34. The van der Waals surface area contributed by atoms with Gasteiger partial charge in [0.25, 0.3) is 0 Å². The summed E-state index contributed by atoms with van der Waals surface area (Å²) in [6, 6.07) is 16.6. The topological polar surface area (TPSA) is 73.7 Å². The van der Waals surface area contributed by atoms with Gasteiger partial charge in [-0.15, -0.1) is 0 Å². The minimum absolute atomic E-state index is 0.146. The van der Waals surface area contributed by atoms with E-state index in [4.69, 9.17) is 21.1 Å². The Morgan fingerprint density at radius 1 is 1.03 bits per heavy atom. The zero-order valence-electron chi connectivity index (χ0n) is 18.9. The molecule has 2 aliphatic rings. The summed E-state index contributed by atoms with van der Waals surface area (Å²) in [5.74, 6) is 2.20. The molecule has 1 aliphatic heterocycles. The maximum Gasteiger partial charge on any atom is 0.344 e. The fourth-order valence-electron chi connectivity index (χ4n) is 4.85. The molecule has 34 heavy (non-hydrogen) atoms. The first-order valence-electron chi connectivity index (χ1n) is 11.4. The Labute approximate surface area is 203 Å². The van der Waals surface area contributed by atoms with Gasteiger partial charge in [0.2, 0.25) is 0 Å². The molecular formula is C26H26ClN3O4. The molecule has 0 unspecified atom stereocenters. The van der Waals surface area contributed by atoms with Gasteiger partial charge in [0.1, 0.15) is 17.2 Å². The number of ketones is 1. The second kappa shape index (κ2) is 9.60. The number of Topliss-reactive ketones (excluding diaryl/α,β-unsaturated/α-hetero) is 1. The number of likely N-dealkylation sites (tertiary alicyclic amines) is 1. The number of benzene rings is 2. The molecule has 5 rings (SSSR count). The van der Waals surface area contributed by atoms with E-state index in [1.807, 2.05) is 41.3 Å². The summed E-state index contributed by atoms with van der Waals surface area (Å²) < 4.78 is 13.4. The van der Waals surface area contributed by atoms with Gasteiger partial charge < -0.3 is 14.4 Å². The van der Waals surface area contributed by atoms with Crippen LogP contribution < -0.4 is 4.74 Å². The first-order valence-corrected chi connectivity index (χ1v) is 11.8. The van der Waals surface area contributed by atoms with Gasteiger partial charge in [0, 0.05) is 31.2 Å². The summed E-state index contributed by atoms with van der Waals surface area (Å²) in [7, 11) is 0. The van der Waals surface area contributed by atoms with E-state index < -0.39 is 0 Å². The molecule has 2 aromatic carbocycles. The van der Waals surface area contributed by atoms with Crippen LogP contribution in [0, 0.1) is 11.8 Å². The van der Waals surface area contributed by atoms with Gasteiger partial charge in [-0.05, 0) is 72.7 Å². The van der Waals surface area contributed by atoms with Gasteiger partial charge in [-0.1, -0.05) is 23.7 Å². The molecule has 0 bridgehead atoms. The Kier molecular flexibility index (Phi) is 6.39. The second-order valence-electron chi connectivity index (χ2n) is 9.02. The third-order valence-electron chi connectivity index (χ3n) is 6.56. The standard InChI is InChI=1S/C26H26ClN3O4/c1-17(31)25-9-10-30(28-25)26(32)29-14-19-12-24(13-20(19)15-29)33-16-18-3-2-4-23(11-18)34-22-7-5-21(27)6-8-22/h2-11,19-20,24H,12-16H2,1H3/t19-,20+,24+. The summed E-state index contributed by atoms with van der Waals surface area (Å²) in [5, 5.41) is 4.77. The zero-order valence-corrected chi connectivity index (χ0v) is 19.6. The quantitative estimate of drug-likeness (QED) is 0.441. The molecule has 1 aromatic heterocycles. The van der Waals surface area contributed by atoms with E-state index in [1.54, 1.807) is 24.4 Å². The second-order valence-corrected chi connectivity index (χ2v) is 9.45. The number of ether oxygens (including phenoxy) is 2. The molecule has 2 heterocycles. The van der Waals surface area contributed by atoms with Crippen LogP contribution in [-0.2, 0) is 11.3 Å². The van der Waals surface area contributed by atoms with Crippen LogP contribution in [0.2, 0.25) is 5.02 Å². The predicted octanol–water partition coefficient (Wildman–Crippen LogP) is 5.43. The van der Waals surface area contributed by atoms with E-state index in [9.17, 15) is 9.59 Å². The van der Waals surface area contributed by atoms with Crippen molar-refractivity contribution in [3.63, 3.8) is 0 Å². The van der Waals surface area contributed by atoms with Crippen molar-refractivity contribution in [2.45, 2.75) is 32.5 Å². The number of hydrogen-bond acceptors (Lipinski definition) is 5. The third-order valence-corrected chi connectivity index (χ3v) is 6.81. The van der Waals surface area contributed by atoms with Crippen LogP contribution in [0.25, 0.3) is 0 Å². The Morgan fingerprint density at radius 3 is 2.44 bits per heavy atom. The van der Waals surface area contributed by atoms with Crippen LogP contribution in [0.15, 0.2) is 60.8 Å². The van der Waals surface area contributed by atoms with E-state index in [2.05, 4.69) is 5.10 Å². The monoisotopic (exact) mass is 479 g/mol. The van der Waals surface area contributed by atoms with E-state index >= 15 is 0 Å². The minimum Gasteiger partial charge on any atom is -0.457 e. The maximum atomic E-state index is 12.8. The summed E-state index contributed by atoms with van der Waals surface area (Å²) >= 11 is 5.93. The highest BCUT2D eigenvalue weighted by Crippen LogP contribution is 2.40. The highest BCUT2D eigenvalue weighted by atomic mass is 35.5. The SMILES string of the molecule is CC(=O)c1ccn(C(=O)N2C[C@H]3C[C@H](OCc4cccc(Oc5ccc(Cl)cc5)c4)C[C@H]3C2)n1. The molecule has 0 radical (unpaired) electrons. The maximum absolute atomic E-state index is 12.8. The van der Waals surface area contributed by atoms with Crippen molar-refractivity contribution in [3.8, 4) is 11.5 Å². The zero-order chi connectivity index (χ0) is 23.7. The minimum atomic E-state index is -0.170. The van der Waals surface area contributed by atoms with Crippen LogP contribution in [0.1, 0.15) is 35.8 Å². The molecule has 8 heteroatoms. The molecule has 0 N–H and O–H groups in total. The lowest BCUT2D eigenvalue weighted by molar-refractivity contribution is 0.0383. The van der Waals surface area contributed by atoms with Crippen molar-refractivity contribution in [3.05, 3.63) is 77.1 Å². The van der Waals surface area contributed by atoms with Crippen LogP contribution in [-0.4, -0.2) is 45.7 Å². The summed E-state index contributed by atoms with van der Waals surface area (Å²) in [5.41, 5.74) is 1.36. The Bertz CT molecular complexity index is 1180. The smallest absolute Gasteiger partial charge is 0.344 e. The summed E-state index contributed by atoms with van der Waals surface area (Å²) in [6.07, 6.45) is 3.62. The Morgan fingerprint density at radius 2 is 1.76 bits per heavy atom. The molecular weight excluding hydrogens is 454 g/mol. The van der Waals surface area contributed by atoms with E-state index in [1.165, 1.54) is 11.6 Å². The number of carbonyl (C=O) groups is 2. The molecule has 2 fully saturated rings. The van der Waals surface area contributed by atoms with Crippen LogP contribution in [0.3, 0.4) is 0 Å². The molecule has 1 saturated heterocycles. The lowest BCUT2D eigenvalue weighted by atomic mass is 10.0. The lowest BCUT2D eigenvalue weighted by Gasteiger charge is -2.19. The number of rotatable bonds is 6. The molecule has 3 atom stereocenters. The van der Waals surface area contributed by atoms with Gasteiger partial charge in [-0.25, -0.2) is 4.79 Å². The highest BCUT2D eigenvalue weighted by molar-refractivity contribution is 6.30. The van der Waals surface area contributed by atoms with Gasteiger partial charge in [-0.3, -0.25) is 4.79 Å². The highest BCUT2D eigenvalue weighted by Gasteiger charge is 2.43. The van der Waals surface area contributed by atoms with Gasteiger partial charge >= 0.3 is 6.03 Å². The van der Waals surface area contributed by atoms with Crippen molar-refractivity contribution in [2.24, 2.45) is 11.8 Å². The van der Waals surface area contributed by atoms with E-state index in [0.717, 1.165) is 29.9 Å². The van der Waals surface area contributed by atoms with Crippen molar-refractivity contribution >= 4 is 23.4 Å². The van der Waals surface area contributed by atoms with Crippen molar-refractivity contribution < 1.29 is 19.1 Å². The predicted molar refractivity (Wildman–Crippen MR) is 127 cm³/mol. The third kappa shape index (κ3) is 5.00. The number of halogens is 1. The van der Waals surface area contributed by atoms with Crippen molar-refractivity contribution in [1.82, 2.24) is 14.7 Å². The first kappa shape index (κ1) is 22.6. The van der Waals surface area contributed by atoms with Gasteiger partial charge in [-0.2, -0.15) is 9.78 Å². The van der Waals surface area contributed by atoms with E-state index in [-0.39, 0.29) is 17.9 Å². The van der Waals surface area contributed by atoms with Crippen molar-refractivity contribution in [1.29, 1.82) is 0 Å². The van der Waals surface area contributed by atoms with Crippen LogP contribution in [0.4, 0.5) is 4.79 Å². The molecule has 1 aliphatic carbocycles. The number of fused-ring (bicyclic) bond motifs is 1. The fourth-order valence-corrected chi connectivity index (χ4v) is 4.98. The van der Waals surface area contributed by atoms with Gasteiger partial charge in [0.15, 0.2) is 5.78 Å². The summed E-state index contributed by atoms with van der Waals surface area (Å²) in [4.78, 5) is 26.0. The first-order chi connectivity index (χ1) is 16.4. The molecule has 0 spiro atoms. The fraction of sp³-hybridized carbons (Fsp3) is 0.346. The number of carbonyl (C=O) groups excluding carboxylic acids is 2. The Hall–Kier alpha value is -3.16. The van der Waals surface area contributed by atoms with Gasteiger partial charge in [0.05, 0.1) is 12.7 Å². The number of aromatic nitrogens is 2. The molecule has 1 amide bonds. The molecule has 176 valence electrons. The normalized spacial score (nSPS) is 21.5. The largest absolute Gasteiger partial charge is 0.457 e.